The molecule has 1 aliphatic rings. The van der Waals surface area contributed by atoms with E-state index in [4.69, 9.17) is 14.2 Å². The Balaban J connectivity index is 1.95. The highest BCUT2D eigenvalue weighted by Gasteiger charge is 2.16. The van der Waals surface area contributed by atoms with Gasteiger partial charge >= 0.3 is 5.97 Å². The Labute approximate surface area is 132 Å². The third-order valence-electron chi connectivity index (χ3n) is 3.73. The maximum absolute atomic E-state index is 11.8. The average Bonchev–Trinajstić information content (AvgIpc) is 2.55. The van der Waals surface area contributed by atoms with Crippen molar-refractivity contribution in [3.8, 4) is 11.5 Å². The topological polar surface area (TPSA) is 44.8 Å². The molecule has 4 heteroatoms. The maximum atomic E-state index is 11.8. The zero-order valence-electron chi connectivity index (χ0n) is 13.3. The Morgan fingerprint density at radius 2 is 2.00 bits per heavy atom. The second-order valence-corrected chi connectivity index (χ2v) is 5.37. The Hall–Kier alpha value is -1.97. The van der Waals surface area contributed by atoms with Crippen LogP contribution >= 0.6 is 0 Å². The molecule has 0 heterocycles. The first-order valence-electron chi connectivity index (χ1n) is 7.92. The molecule has 1 aromatic carbocycles. The number of benzene rings is 1. The molecular weight excluding hydrogens is 280 g/mol. The molecule has 0 bridgehead atoms. The van der Waals surface area contributed by atoms with Crippen LogP contribution in [-0.2, 0) is 9.53 Å². The molecule has 0 aromatic heterocycles. The summed E-state index contributed by atoms with van der Waals surface area (Å²) < 4.78 is 16.2. The van der Waals surface area contributed by atoms with Crippen LogP contribution in [-0.4, -0.2) is 25.8 Å². The molecule has 0 atom stereocenters. The van der Waals surface area contributed by atoms with Gasteiger partial charge in [-0.1, -0.05) is 12.5 Å². The molecule has 0 spiro atoms. The van der Waals surface area contributed by atoms with Gasteiger partial charge in [0.05, 0.1) is 13.7 Å². The van der Waals surface area contributed by atoms with Crippen LogP contribution in [0.15, 0.2) is 24.3 Å². The van der Waals surface area contributed by atoms with Crippen molar-refractivity contribution in [1.82, 2.24) is 0 Å². The van der Waals surface area contributed by atoms with Crippen molar-refractivity contribution in [2.75, 3.05) is 13.7 Å². The van der Waals surface area contributed by atoms with Gasteiger partial charge in [0.25, 0.3) is 0 Å². The maximum Gasteiger partial charge on any atom is 0.331 e. The summed E-state index contributed by atoms with van der Waals surface area (Å²) in [6.45, 7) is 2.51. The number of carbonyl (C=O) groups excluding carboxylic acids is 1. The minimum atomic E-state index is -0.278. The molecule has 1 aromatic rings. The Morgan fingerprint density at radius 1 is 1.23 bits per heavy atom. The first kappa shape index (κ1) is 16.4. The molecule has 120 valence electrons. The number of rotatable bonds is 6. The first-order valence-corrected chi connectivity index (χ1v) is 7.92. The van der Waals surface area contributed by atoms with E-state index in [9.17, 15) is 4.79 Å². The molecule has 0 N–H and O–H groups in total. The van der Waals surface area contributed by atoms with Gasteiger partial charge in [-0.3, -0.25) is 0 Å². The van der Waals surface area contributed by atoms with Gasteiger partial charge in [0.15, 0.2) is 11.5 Å². The lowest BCUT2D eigenvalue weighted by Crippen LogP contribution is -2.19. The van der Waals surface area contributed by atoms with Crippen molar-refractivity contribution < 1.29 is 19.0 Å². The highest BCUT2D eigenvalue weighted by atomic mass is 16.5. The fourth-order valence-electron chi connectivity index (χ4n) is 2.61. The van der Waals surface area contributed by atoms with E-state index in [-0.39, 0.29) is 12.1 Å². The summed E-state index contributed by atoms with van der Waals surface area (Å²) in [7, 11) is 1.60. The van der Waals surface area contributed by atoms with Crippen LogP contribution in [0.25, 0.3) is 6.08 Å². The minimum absolute atomic E-state index is 0.0840. The summed E-state index contributed by atoms with van der Waals surface area (Å²) in [5.74, 6) is 1.08. The highest BCUT2D eigenvalue weighted by Crippen LogP contribution is 2.28. The molecule has 0 radical (unpaired) electrons. The van der Waals surface area contributed by atoms with Crippen LogP contribution in [0, 0.1) is 0 Å². The number of hydrogen-bond acceptors (Lipinski definition) is 4. The first-order chi connectivity index (χ1) is 10.7. The fourth-order valence-corrected chi connectivity index (χ4v) is 2.61. The van der Waals surface area contributed by atoms with Crippen molar-refractivity contribution in [1.29, 1.82) is 0 Å². The molecular formula is C18H24O4. The van der Waals surface area contributed by atoms with E-state index in [1.807, 2.05) is 25.1 Å². The van der Waals surface area contributed by atoms with Gasteiger partial charge < -0.3 is 14.2 Å². The lowest BCUT2D eigenvalue weighted by molar-refractivity contribution is -0.144. The predicted molar refractivity (Wildman–Crippen MR) is 86.2 cm³/mol. The van der Waals surface area contributed by atoms with Gasteiger partial charge in [-0.25, -0.2) is 4.79 Å². The zero-order chi connectivity index (χ0) is 15.8. The van der Waals surface area contributed by atoms with Crippen molar-refractivity contribution in [3.05, 3.63) is 29.8 Å². The molecule has 4 nitrogen and oxygen atoms in total. The second kappa shape index (κ2) is 8.47. The lowest BCUT2D eigenvalue weighted by atomic mass is 9.98. The molecule has 1 saturated carbocycles. The number of methoxy groups -OCH3 is 1. The molecule has 1 aliphatic carbocycles. The van der Waals surface area contributed by atoms with Crippen molar-refractivity contribution in [3.63, 3.8) is 0 Å². The summed E-state index contributed by atoms with van der Waals surface area (Å²) in [6.07, 6.45) is 8.81. The van der Waals surface area contributed by atoms with Crippen molar-refractivity contribution in [2.45, 2.75) is 45.1 Å². The molecule has 1 fully saturated rings. The second-order valence-electron chi connectivity index (χ2n) is 5.37. The molecule has 0 amide bonds. The average molecular weight is 304 g/mol. The number of hydrogen-bond donors (Lipinski definition) is 0. The monoisotopic (exact) mass is 304 g/mol. The van der Waals surface area contributed by atoms with E-state index in [1.165, 1.54) is 12.5 Å². The smallest absolute Gasteiger partial charge is 0.331 e. The third kappa shape index (κ3) is 4.79. The molecule has 0 unspecified atom stereocenters. The van der Waals surface area contributed by atoms with Gasteiger partial charge in [0.1, 0.15) is 6.10 Å². The Bertz CT molecular complexity index is 516. The molecule has 22 heavy (non-hydrogen) atoms. The van der Waals surface area contributed by atoms with Crippen LogP contribution in [0.4, 0.5) is 0 Å². The summed E-state index contributed by atoms with van der Waals surface area (Å²) in [5, 5.41) is 0. The SMILES string of the molecule is CCOc1ccc(/C=C/C(=O)OC2CCCCC2)cc1OC. The number of esters is 1. The normalized spacial score (nSPS) is 15.7. The van der Waals surface area contributed by atoms with Gasteiger partial charge in [-0.15, -0.1) is 0 Å². The van der Waals surface area contributed by atoms with E-state index in [2.05, 4.69) is 0 Å². The lowest BCUT2D eigenvalue weighted by Gasteiger charge is -2.20. The van der Waals surface area contributed by atoms with Gasteiger partial charge in [0, 0.05) is 6.08 Å². The third-order valence-corrected chi connectivity index (χ3v) is 3.73. The quantitative estimate of drug-likeness (QED) is 0.589. The van der Waals surface area contributed by atoms with Crippen LogP contribution in [0.2, 0.25) is 0 Å². The van der Waals surface area contributed by atoms with Crippen LogP contribution in [0.5, 0.6) is 11.5 Å². The summed E-state index contributed by atoms with van der Waals surface area (Å²) in [4.78, 5) is 11.8. The van der Waals surface area contributed by atoms with Gasteiger partial charge in [-0.2, -0.15) is 0 Å². The number of carbonyl (C=O) groups is 1. The summed E-state index contributed by atoms with van der Waals surface area (Å²) in [5.41, 5.74) is 0.876. The Morgan fingerprint density at radius 3 is 2.68 bits per heavy atom. The van der Waals surface area contributed by atoms with E-state index in [0.29, 0.717) is 18.1 Å². The minimum Gasteiger partial charge on any atom is -0.493 e. The largest absolute Gasteiger partial charge is 0.493 e. The van der Waals surface area contributed by atoms with E-state index in [0.717, 1.165) is 31.2 Å². The van der Waals surface area contributed by atoms with Crippen LogP contribution in [0.3, 0.4) is 0 Å². The summed E-state index contributed by atoms with van der Waals surface area (Å²) in [6, 6.07) is 5.57. The fraction of sp³-hybridized carbons (Fsp3) is 0.500. The van der Waals surface area contributed by atoms with E-state index >= 15 is 0 Å². The van der Waals surface area contributed by atoms with Crippen LogP contribution < -0.4 is 9.47 Å². The van der Waals surface area contributed by atoms with Gasteiger partial charge in [0.2, 0.25) is 0 Å². The molecule has 0 aliphatic heterocycles. The van der Waals surface area contributed by atoms with Crippen LogP contribution in [0.1, 0.15) is 44.6 Å². The van der Waals surface area contributed by atoms with Crippen molar-refractivity contribution in [2.24, 2.45) is 0 Å². The van der Waals surface area contributed by atoms with E-state index in [1.54, 1.807) is 13.2 Å². The molecule has 2 rings (SSSR count). The predicted octanol–water partition coefficient (Wildman–Crippen LogP) is 3.98. The number of ether oxygens (including phenoxy) is 3. The standard InChI is InChI=1S/C18H24O4/c1-3-21-16-11-9-14(13-17(16)20-2)10-12-18(19)22-15-7-5-4-6-8-15/h9-13,15H,3-8H2,1-2H3/b12-10+. The zero-order valence-corrected chi connectivity index (χ0v) is 13.3. The van der Waals surface area contributed by atoms with Crippen molar-refractivity contribution >= 4 is 12.0 Å². The van der Waals surface area contributed by atoms with Gasteiger partial charge in [-0.05, 0) is 56.4 Å². The summed E-state index contributed by atoms with van der Waals surface area (Å²) >= 11 is 0. The Kier molecular flexibility index (Phi) is 6.31. The van der Waals surface area contributed by atoms with E-state index < -0.39 is 0 Å². The highest BCUT2D eigenvalue weighted by molar-refractivity contribution is 5.87. The molecule has 0 saturated heterocycles.